The van der Waals surface area contributed by atoms with E-state index in [-0.39, 0.29) is 23.1 Å². The van der Waals surface area contributed by atoms with E-state index >= 15 is 0 Å². The third-order valence-corrected chi connectivity index (χ3v) is 8.20. The second kappa shape index (κ2) is 7.76. The zero-order chi connectivity index (χ0) is 18.1. The van der Waals surface area contributed by atoms with Gasteiger partial charge in [0.15, 0.2) is 0 Å². The highest BCUT2D eigenvalue weighted by Crippen LogP contribution is 2.55. The molecule has 138 valence electrons. The summed E-state index contributed by atoms with van der Waals surface area (Å²) in [7, 11) is 0. The number of carbonyl (C=O) groups is 2. The van der Waals surface area contributed by atoms with Gasteiger partial charge in [-0.2, -0.15) is 0 Å². The Labute approximate surface area is 157 Å². The lowest BCUT2D eigenvalue weighted by molar-refractivity contribution is -0.153. The molecule has 0 bridgehead atoms. The van der Waals surface area contributed by atoms with Crippen LogP contribution in [0.15, 0.2) is 22.6 Å². The average molecular weight is 383 g/mol. The molecule has 0 aromatic rings. The Morgan fingerprint density at radius 1 is 1.56 bits per heavy atom. The number of allylic oxidation sites excluding steroid dienone is 2. The van der Waals surface area contributed by atoms with E-state index < -0.39 is 6.10 Å². The van der Waals surface area contributed by atoms with Crippen molar-refractivity contribution in [3.63, 3.8) is 0 Å². The summed E-state index contributed by atoms with van der Waals surface area (Å²) in [6.45, 7) is 9.16. The SMILES string of the molecule is C=CCCC(=O)N1CC[C@H](SC2=C(C)N3C(=O)[C@@H]([C@@H](O)CC)[C@H]3S2)C1. The second-order valence-electron chi connectivity index (χ2n) is 6.79. The number of aliphatic hydroxyl groups excluding tert-OH is 1. The van der Waals surface area contributed by atoms with Gasteiger partial charge >= 0.3 is 0 Å². The second-order valence-corrected chi connectivity index (χ2v) is 9.48. The maximum absolute atomic E-state index is 12.3. The number of nitrogens with zero attached hydrogens (tertiary/aromatic N) is 2. The lowest BCUT2D eigenvalue weighted by atomic mass is 9.90. The van der Waals surface area contributed by atoms with Crippen molar-refractivity contribution in [1.82, 2.24) is 9.80 Å². The quantitative estimate of drug-likeness (QED) is 0.542. The van der Waals surface area contributed by atoms with Crippen LogP contribution < -0.4 is 0 Å². The van der Waals surface area contributed by atoms with Gasteiger partial charge < -0.3 is 14.9 Å². The molecule has 2 amide bonds. The topological polar surface area (TPSA) is 60.9 Å². The molecule has 0 aromatic heterocycles. The number of thioether (sulfide) groups is 2. The minimum atomic E-state index is -0.553. The van der Waals surface area contributed by atoms with Crippen LogP contribution in [0.25, 0.3) is 0 Å². The summed E-state index contributed by atoms with van der Waals surface area (Å²) < 4.78 is 1.18. The Hall–Kier alpha value is -0.920. The molecule has 4 atom stereocenters. The van der Waals surface area contributed by atoms with E-state index in [0.717, 1.165) is 31.6 Å². The minimum absolute atomic E-state index is 0.0487. The molecular weight excluding hydrogens is 356 g/mol. The number of rotatable bonds is 7. The number of likely N-dealkylation sites (tertiary alicyclic amines) is 1. The molecule has 3 heterocycles. The van der Waals surface area contributed by atoms with Gasteiger partial charge in [0.05, 0.1) is 16.3 Å². The highest BCUT2D eigenvalue weighted by Gasteiger charge is 2.55. The van der Waals surface area contributed by atoms with Gasteiger partial charge in [0.25, 0.3) is 0 Å². The molecule has 0 radical (unpaired) electrons. The van der Waals surface area contributed by atoms with E-state index in [0.29, 0.717) is 18.1 Å². The first-order chi connectivity index (χ1) is 12.0. The summed E-state index contributed by atoms with van der Waals surface area (Å²) >= 11 is 3.50. The maximum Gasteiger partial charge on any atom is 0.236 e. The van der Waals surface area contributed by atoms with Crippen molar-refractivity contribution in [1.29, 1.82) is 0 Å². The third-order valence-electron chi connectivity index (χ3n) is 5.14. The van der Waals surface area contributed by atoms with E-state index in [2.05, 4.69) is 6.58 Å². The van der Waals surface area contributed by atoms with Crippen LogP contribution >= 0.6 is 23.5 Å². The summed E-state index contributed by atoms with van der Waals surface area (Å²) in [5, 5.41) is 10.5. The predicted molar refractivity (Wildman–Crippen MR) is 103 cm³/mol. The molecule has 0 unspecified atom stereocenters. The molecule has 5 nitrogen and oxygen atoms in total. The standard InChI is InChI=1S/C18H26N2O3S2/c1-4-6-7-14(22)19-9-8-12(10-19)24-18-11(3)20-16(23)15(13(21)5-2)17(20)25-18/h4,12-13,15,17,21H,1,5-10H2,2-3H3/t12-,13-,15+,17+/m0/s1. The zero-order valence-corrected chi connectivity index (χ0v) is 16.4. The smallest absolute Gasteiger partial charge is 0.236 e. The Morgan fingerprint density at radius 3 is 3.00 bits per heavy atom. The highest BCUT2D eigenvalue weighted by atomic mass is 32.2. The minimum Gasteiger partial charge on any atom is -0.392 e. The van der Waals surface area contributed by atoms with Crippen molar-refractivity contribution >= 4 is 35.3 Å². The molecule has 2 saturated heterocycles. The number of hydrogen-bond donors (Lipinski definition) is 1. The van der Waals surface area contributed by atoms with Crippen LogP contribution in [0, 0.1) is 5.92 Å². The zero-order valence-electron chi connectivity index (χ0n) is 14.8. The summed E-state index contributed by atoms with van der Waals surface area (Å²) in [5.74, 6) is -0.0193. The molecule has 3 aliphatic heterocycles. The lowest BCUT2D eigenvalue weighted by Gasteiger charge is -2.44. The Morgan fingerprint density at radius 2 is 2.32 bits per heavy atom. The van der Waals surface area contributed by atoms with Gasteiger partial charge in [-0.05, 0) is 26.2 Å². The van der Waals surface area contributed by atoms with E-state index in [1.807, 2.05) is 23.6 Å². The fourth-order valence-electron chi connectivity index (χ4n) is 3.57. The number of aliphatic hydroxyl groups is 1. The Kier molecular flexibility index (Phi) is 5.85. The van der Waals surface area contributed by atoms with Gasteiger partial charge in [-0.1, -0.05) is 24.8 Å². The summed E-state index contributed by atoms with van der Waals surface area (Å²) in [5.41, 5.74) is 1.01. The largest absolute Gasteiger partial charge is 0.392 e. The molecule has 25 heavy (non-hydrogen) atoms. The normalized spacial score (nSPS) is 29.7. The molecule has 0 aliphatic carbocycles. The average Bonchev–Trinajstić information content (AvgIpc) is 3.16. The van der Waals surface area contributed by atoms with Crippen molar-refractivity contribution in [2.75, 3.05) is 13.1 Å². The van der Waals surface area contributed by atoms with Crippen molar-refractivity contribution < 1.29 is 14.7 Å². The van der Waals surface area contributed by atoms with E-state index in [9.17, 15) is 14.7 Å². The van der Waals surface area contributed by atoms with Gasteiger partial charge in [0.1, 0.15) is 5.37 Å². The van der Waals surface area contributed by atoms with Crippen LogP contribution in [0.3, 0.4) is 0 Å². The van der Waals surface area contributed by atoms with Gasteiger partial charge in [-0.15, -0.1) is 18.3 Å². The van der Waals surface area contributed by atoms with Crippen molar-refractivity contribution in [2.45, 2.75) is 56.3 Å². The molecule has 0 spiro atoms. The molecule has 7 heteroatoms. The van der Waals surface area contributed by atoms with Crippen LogP contribution in [-0.2, 0) is 9.59 Å². The van der Waals surface area contributed by atoms with Crippen molar-refractivity contribution in [3.8, 4) is 0 Å². The molecule has 3 rings (SSSR count). The number of amides is 2. The lowest BCUT2D eigenvalue weighted by Crippen LogP contribution is -2.60. The van der Waals surface area contributed by atoms with Gasteiger partial charge in [0, 0.05) is 30.5 Å². The third kappa shape index (κ3) is 3.51. The Bertz CT molecular complexity index is 607. The number of hydrogen-bond acceptors (Lipinski definition) is 5. The van der Waals surface area contributed by atoms with Crippen LogP contribution in [-0.4, -0.2) is 56.5 Å². The fourth-order valence-corrected chi connectivity index (χ4v) is 6.85. The van der Waals surface area contributed by atoms with E-state index in [1.54, 1.807) is 29.6 Å². The van der Waals surface area contributed by atoms with Gasteiger partial charge in [0.2, 0.25) is 11.8 Å². The summed E-state index contributed by atoms with van der Waals surface area (Å²) in [6, 6.07) is 0. The van der Waals surface area contributed by atoms with Crippen molar-refractivity contribution in [2.24, 2.45) is 5.92 Å². The van der Waals surface area contributed by atoms with Crippen molar-refractivity contribution in [3.05, 3.63) is 22.6 Å². The molecule has 1 N–H and O–H groups in total. The fraction of sp³-hybridized carbons (Fsp3) is 0.667. The molecule has 3 aliphatic rings. The van der Waals surface area contributed by atoms with Crippen LogP contribution in [0.5, 0.6) is 0 Å². The number of β-lactam (4-membered cyclic amide) rings is 1. The van der Waals surface area contributed by atoms with E-state index in [4.69, 9.17) is 0 Å². The van der Waals surface area contributed by atoms with Gasteiger partial charge in [-0.3, -0.25) is 9.59 Å². The monoisotopic (exact) mass is 382 g/mol. The molecule has 2 fully saturated rings. The predicted octanol–water partition coefficient (Wildman–Crippen LogP) is 2.78. The number of fused-ring (bicyclic) bond motifs is 1. The molecule has 0 aromatic carbocycles. The molecule has 0 saturated carbocycles. The van der Waals surface area contributed by atoms with Crippen LogP contribution in [0.1, 0.15) is 39.5 Å². The van der Waals surface area contributed by atoms with Crippen LogP contribution in [0.4, 0.5) is 0 Å². The van der Waals surface area contributed by atoms with Crippen LogP contribution in [0.2, 0.25) is 0 Å². The maximum atomic E-state index is 12.3. The summed E-state index contributed by atoms with van der Waals surface area (Å²) in [4.78, 5) is 28.2. The summed E-state index contributed by atoms with van der Waals surface area (Å²) in [6.07, 6.45) is 4.09. The highest BCUT2D eigenvalue weighted by molar-refractivity contribution is 8.23. The first-order valence-corrected chi connectivity index (χ1v) is 10.7. The first-order valence-electron chi connectivity index (χ1n) is 8.91. The number of carbonyl (C=O) groups excluding carboxylic acids is 2. The van der Waals surface area contributed by atoms with Gasteiger partial charge in [-0.25, -0.2) is 0 Å². The molecular formula is C18H26N2O3S2. The first kappa shape index (κ1) is 18.9. The van der Waals surface area contributed by atoms with E-state index in [1.165, 1.54) is 4.24 Å². The Balaban J connectivity index is 1.56.